The van der Waals surface area contributed by atoms with E-state index in [1.807, 2.05) is 45.0 Å². The van der Waals surface area contributed by atoms with Crippen molar-refractivity contribution in [2.24, 2.45) is 0 Å². The molecule has 2 rings (SSSR count). The Labute approximate surface area is 120 Å². The van der Waals surface area contributed by atoms with Crippen LogP contribution in [0.1, 0.15) is 20.8 Å². The topological polar surface area (TPSA) is 40.5 Å². The zero-order chi connectivity index (χ0) is 14.0. The molecular weight excluding hydrogens is 310 g/mol. The van der Waals surface area contributed by atoms with Gasteiger partial charge < -0.3 is 9.47 Å². The lowest BCUT2D eigenvalue weighted by Crippen LogP contribution is -2.26. The Kier molecular flexibility index (Phi) is 3.85. The summed E-state index contributed by atoms with van der Waals surface area (Å²) in [6.45, 7) is 5.52. The molecule has 0 aliphatic rings. The minimum Gasteiger partial charge on any atom is -0.480 e. The third kappa shape index (κ3) is 3.10. The average Bonchev–Trinajstić information content (AvgIpc) is 2.67. The molecule has 5 heteroatoms. The highest BCUT2D eigenvalue weighted by Crippen LogP contribution is 2.29. The second-order valence-corrected chi connectivity index (χ2v) is 5.57. The molecule has 0 bridgehead atoms. The summed E-state index contributed by atoms with van der Waals surface area (Å²) in [5.74, 6) is 0.651. The first-order valence-electron chi connectivity index (χ1n) is 5.94. The van der Waals surface area contributed by atoms with Crippen LogP contribution in [-0.4, -0.2) is 21.8 Å². The number of rotatable bonds is 2. The number of alkyl halides is 1. The number of hydrogen-bond donors (Lipinski definition) is 0. The maximum Gasteiger partial charge on any atom is 0.419 e. The number of fused-ring (bicyclic) bond motifs is 1. The van der Waals surface area contributed by atoms with Gasteiger partial charge in [0.2, 0.25) is 0 Å². The Morgan fingerprint density at radius 3 is 2.63 bits per heavy atom. The van der Waals surface area contributed by atoms with Gasteiger partial charge in [-0.3, -0.25) is 0 Å². The van der Waals surface area contributed by atoms with Crippen LogP contribution in [0.2, 0.25) is 0 Å². The first-order chi connectivity index (χ1) is 8.92. The number of halogens is 1. The van der Waals surface area contributed by atoms with Gasteiger partial charge in [0, 0.05) is 5.39 Å². The van der Waals surface area contributed by atoms with Crippen molar-refractivity contribution in [3.8, 4) is 5.75 Å². The minimum absolute atomic E-state index is 0.370. The molecule has 4 nitrogen and oxygen atoms in total. The second-order valence-electron chi connectivity index (χ2n) is 5.11. The lowest BCUT2D eigenvalue weighted by Gasteiger charge is -2.19. The first kappa shape index (κ1) is 13.9. The normalized spacial score (nSPS) is 11.6. The second kappa shape index (κ2) is 5.25. The molecular formula is C14H16BrNO3. The maximum atomic E-state index is 12.2. The van der Waals surface area contributed by atoms with E-state index in [1.165, 1.54) is 4.57 Å². The molecule has 0 aliphatic heterocycles. The summed E-state index contributed by atoms with van der Waals surface area (Å²) in [6.07, 6.45) is 1.24. The summed E-state index contributed by atoms with van der Waals surface area (Å²) >= 11 is 3.22. The monoisotopic (exact) mass is 325 g/mol. The van der Waals surface area contributed by atoms with Crippen LogP contribution >= 0.6 is 15.9 Å². The van der Waals surface area contributed by atoms with Crippen LogP contribution < -0.4 is 4.74 Å². The highest BCUT2D eigenvalue weighted by atomic mass is 79.9. The van der Waals surface area contributed by atoms with Crippen LogP contribution in [-0.2, 0) is 4.74 Å². The van der Waals surface area contributed by atoms with Crippen molar-refractivity contribution in [3.05, 3.63) is 30.5 Å². The highest BCUT2D eigenvalue weighted by molar-refractivity contribution is 9.09. The summed E-state index contributed by atoms with van der Waals surface area (Å²) in [6, 6.07) is 7.55. The fourth-order valence-electron chi connectivity index (χ4n) is 1.78. The third-order valence-electron chi connectivity index (χ3n) is 2.48. The van der Waals surface area contributed by atoms with E-state index in [4.69, 9.17) is 9.47 Å². The predicted octanol–water partition coefficient (Wildman–Crippen LogP) is 4.16. The van der Waals surface area contributed by atoms with Gasteiger partial charge in [-0.05, 0) is 48.8 Å². The Bertz CT molecular complexity index is 598. The smallest absolute Gasteiger partial charge is 0.419 e. The van der Waals surface area contributed by atoms with E-state index in [1.54, 1.807) is 6.20 Å². The van der Waals surface area contributed by atoms with Gasteiger partial charge in [-0.25, -0.2) is 9.36 Å². The Hall–Kier alpha value is -1.49. The Morgan fingerprint density at radius 2 is 2.00 bits per heavy atom. The number of ether oxygens (including phenoxy) is 2. The molecule has 0 atom stereocenters. The number of para-hydroxylation sites is 1. The first-order valence-corrected chi connectivity index (χ1v) is 7.07. The summed E-state index contributed by atoms with van der Waals surface area (Å²) < 4.78 is 12.3. The number of aromatic nitrogens is 1. The van der Waals surface area contributed by atoms with E-state index in [0.717, 1.165) is 10.9 Å². The van der Waals surface area contributed by atoms with E-state index >= 15 is 0 Å². The summed E-state index contributed by atoms with van der Waals surface area (Å²) in [5.41, 5.74) is 0.613. The highest BCUT2D eigenvalue weighted by Gasteiger charge is 2.20. The number of benzene rings is 1. The molecule has 0 saturated carbocycles. The fraction of sp³-hybridized carbons (Fsp3) is 0.357. The van der Waals surface area contributed by atoms with Gasteiger partial charge in [0.05, 0.1) is 11.7 Å². The zero-order valence-corrected chi connectivity index (χ0v) is 12.7. The molecule has 0 N–H and O–H groups in total. The van der Waals surface area contributed by atoms with Crippen LogP contribution in [0.4, 0.5) is 4.79 Å². The summed E-state index contributed by atoms with van der Waals surface area (Å²) in [7, 11) is 0. The zero-order valence-electron chi connectivity index (χ0n) is 11.1. The quantitative estimate of drug-likeness (QED) is 0.778. The van der Waals surface area contributed by atoms with Gasteiger partial charge in [-0.1, -0.05) is 12.1 Å². The molecule has 0 unspecified atom stereocenters. The average molecular weight is 326 g/mol. The van der Waals surface area contributed by atoms with Crippen LogP contribution in [0.25, 0.3) is 10.9 Å². The Morgan fingerprint density at radius 1 is 1.32 bits per heavy atom. The van der Waals surface area contributed by atoms with Crippen LogP contribution in [0.15, 0.2) is 30.5 Å². The van der Waals surface area contributed by atoms with Crippen molar-refractivity contribution in [2.45, 2.75) is 26.4 Å². The number of carbonyl (C=O) groups is 1. The third-order valence-corrected chi connectivity index (χ3v) is 2.70. The van der Waals surface area contributed by atoms with Crippen molar-refractivity contribution in [1.82, 2.24) is 4.57 Å². The molecule has 0 amide bonds. The fourth-order valence-corrected chi connectivity index (χ4v) is 2.03. The minimum atomic E-state index is -0.529. The van der Waals surface area contributed by atoms with Gasteiger partial charge in [0.15, 0.2) is 0 Å². The molecule has 0 fully saturated rings. The van der Waals surface area contributed by atoms with Crippen molar-refractivity contribution in [1.29, 1.82) is 0 Å². The van der Waals surface area contributed by atoms with Crippen molar-refractivity contribution in [2.75, 3.05) is 5.52 Å². The molecule has 0 spiro atoms. The van der Waals surface area contributed by atoms with E-state index in [0.29, 0.717) is 11.3 Å². The lowest BCUT2D eigenvalue weighted by atomic mass is 10.2. The number of hydrogen-bond acceptors (Lipinski definition) is 3. The maximum absolute atomic E-state index is 12.2. The van der Waals surface area contributed by atoms with Gasteiger partial charge in [-0.15, -0.1) is 0 Å². The van der Waals surface area contributed by atoms with Crippen molar-refractivity contribution < 1.29 is 14.3 Å². The molecule has 19 heavy (non-hydrogen) atoms. The van der Waals surface area contributed by atoms with Crippen LogP contribution in [0.5, 0.6) is 5.75 Å². The van der Waals surface area contributed by atoms with Gasteiger partial charge >= 0.3 is 6.09 Å². The van der Waals surface area contributed by atoms with Gasteiger partial charge in [0.1, 0.15) is 16.9 Å². The van der Waals surface area contributed by atoms with Gasteiger partial charge in [0.25, 0.3) is 0 Å². The molecule has 1 aromatic heterocycles. The summed E-state index contributed by atoms with van der Waals surface area (Å²) in [5, 5.41) is 0.882. The summed E-state index contributed by atoms with van der Waals surface area (Å²) in [4.78, 5) is 12.2. The molecule has 0 radical (unpaired) electrons. The molecule has 1 heterocycles. The molecule has 0 saturated heterocycles. The standard InChI is InChI=1S/C14H16BrNO3/c1-14(2,3)19-13(17)16-8-12(18-9-15)10-6-4-5-7-11(10)16/h4-8H,9H2,1-3H3. The predicted molar refractivity (Wildman–Crippen MR) is 78.0 cm³/mol. The molecule has 0 aliphatic carbocycles. The van der Waals surface area contributed by atoms with Gasteiger partial charge in [-0.2, -0.15) is 0 Å². The van der Waals surface area contributed by atoms with Crippen LogP contribution in [0.3, 0.4) is 0 Å². The number of nitrogens with zero attached hydrogens (tertiary/aromatic N) is 1. The lowest BCUT2D eigenvalue weighted by molar-refractivity contribution is 0.0544. The molecule has 2 aromatic rings. The molecule has 1 aromatic carbocycles. The molecule has 102 valence electrons. The van der Waals surface area contributed by atoms with E-state index in [9.17, 15) is 4.79 Å². The van der Waals surface area contributed by atoms with E-state index in [-0.39, 0.29) is 0 Å². The SMILES string of the molecule is CC(C)(C)OC(=O)n1cc(OCBr)c2ccccc21. The van der Waals surface area contributed by atoms with E-state index in [2.05, 4.69) is 15.9 Å². The largest absolute Gasteiger partial charge is 0.480 e. The van der Waals surface area contributed by atoms with Crippen LogP contribution in [0, 0.1) is 0 Å². The Balaban J connectivity index is 2.46. The van der Waals surface area contributed by atoms with E-state index < -0.39 is 11.7 Å². The van der Waals surface area contributed by atoms with Crippen molar-refractivity contribution in [3.63, 3.8) is 0 Å². The van der Waals surface area contributed by atoms with Crippen molar-refractivity contribution >= 4 is 32.9 Å². The number of carbonyl (C=O) groups excluding carboxylic acids is 1.